The molecule has 0 atom stereocenters. The Morgan fingerprint density at radius 2 is 1.88 bits per heavy atom. The van der Waals surface area contributed by atoms with Crippen molar-refractivity contribution in [2.24, 2.45) is 0 Å². The predicted molar refractivity (Wildman–Crippen MR) is 65.7 cm³/mol. The zero-order valence-electron chi connectivity index (χ0n) is 9.55. The Hall–Kier alpha value is -2.34. The Morgan fingerprint density at radius 3 is 2.53 bits per heavy atom. The van der Waals surface area contributed by atoms with Crippen molar-refractivity contribution < 1.29 is 0 Å². The van der Waals surface area contributed by atoms with E-state index in [9.17, 15) is 4.79 Å². The lowest BCUT2D eigenvalue weighted by molar-refractivity contribution is 0.727. The van der Waals surface area contributed by atoms with Crippen molar-refractivity contribution in [2.75, 3.05) is 0 Å². The van der Waals surface area contributed by atoms with E-state index in [1.54, 1.807) is 16.7 Å². The van der Waals surface area contributed by atoms with Crippen LogP contribution in [0.4, 0.5) is 0 Å². The second-order valence-corrected chi connectivity index (χ2v) is 3.88. The van der Waals surface area contributed by atoms with Crippen LogP contribution in [-0.4, -0.2) is 4.57 Å². The number of aryl methyl sites for hydroxylation is 1. The number of rotatable bonds is 2. The maximum atomic E-state index is 12.0. The van der Waals surface area contributed by atoms with Crippen molar-refractivity contribution in [1.82, 2.24) is 4.57 Å². The fourth-order valence-electron chi connectivity index (χ4n) is 1.72. The first kappa shape index (κ1) is 11.2. The zero-order valence-corrected chi connectivity index (χ0v) is 9.55. The van der Waals surface area contributed by atoms with Crippen LogP contribution < -0.4 is 5.56 Å². The lowest BCUT2D eigenvalue weighted by Crippen LogP contribution is -2.24. The first-order valence-electron chi connectivity index (χ1n) is 5.37. The van der Waals surface area contributed by atoms with Gasteiger partial charge in [-0.25, -0.2) is 0 Å². The van der Waals surface area contributed by atoms with Gasteiger partial charge in [-0.1, -0.05) is 30.3 Å². The summed E-state index contributed by atoms with van der Waals surface area (Å²) in [6.07, 6.45) is 0. The van der Waals surface area contributed by atoms with E-state index in [0.717, 1.165) is 11.3 Å². The molecule has 1 heterocycles. The lowest BCUT2D eigenvalue weighted by Gasteiger charge is -2.09. The van der Waals surface area contributed by atoms with Gasteiger partial charge in [0, 0.05) is 5.69 Å². The molecule has 0 saturated carbocycles. The Labute approximate surface area is 99.6 Å². The van der Waals surface area contributed by atoms with E-state index in [-0.39, 0.29) is 11.1 Å². The van der Waals surface area contributed by atoms with E-state index in [1.165, 1.54) is 0 Å². The van der Waals surface area contributed by atoms with E-state index >= 15 is 0 Å². The number of hydrogen-bond acceptors (Lipinski definition) is 2. The Balaban J connectivity index is 2.47. The SMILES string of the molecule is Cc1ccc(C#N)c(=O)n1Cc1ccccc1. The van der Waals surface area contributed by atoms with Crippen LogP contribution in [0.1, 0.15) is 16.8 Å². The Kier molecular flexibility index (Phi) is 3.06. The summed E-state index contributed by atoms with van der Waals surface area (Å²) in [4.78, 5) is 12.0. The highest BCUT2D eigenvalue weighted by Crippen LogP contribution is 2.04. The van der Waals surface area contributed by atoms with Crippen LogP contribution in [0.3, 0.4) is 0 Å². The van der Waals surface area contributed by atoms with E-state index in [0.29, 0.717) is 6.54 Å². The third-order valence-electron chi connectivity index (χ3n) is 2.70. The van der Waals surface area contributed by atoms with Gasteiger partial charge in [-0.05, 0) is 24.6 Å². The molecule has 0 saturated heterocycles. The molecule has 0 fully saturated rings. The molecular formula is C14H12N2O. The van der Waals surface area contributed by atoms with Gasteiger partial charge in [-0.15, -0.1) is 0 Å². The normalized spacial score (nSPS) is 9.88. The number of aromatic nitrogens is 1. The molecular weight excluding hydrogens is 212 g/mol. The van der Waals surface area contributed by atoms with Crippen molar-refractivity contribution in [1.29, 1.82) is 5.26 Å². The van der Waals surface area contributed by atoms with Gasteiger partial charge in [0.1, 0.15) is 11.6 Å². The van der Waals surface area contributed by atoms with Gasteiger partial charge in [0.25, 0.3) is 5.56 Å². The van der Waals surface area contributed by atoms with Crippen LogP contribution in [-0.2, 0) is 6.54 Å². The van der Waals surface area contributed by atoms with Crippen LogP contribution >= 0.6 is 0 Å². The number of nitriles is 1. The van der Waals surface area contributed by atoms with Crippen molar-refractivity contribution in [3.8, 4) is 6.07 Å². The van der Waals surface area contributed by atoms with E-state index in [1.807, 2.05) is 43.3 Å². The molecule has 0 aliphatic rings. The molecule has 17 heavy (non-hydrogen) atoms. The molecule has 2 rings (SSSR count). The average molecular weight is 224 g/mol. The minimum Gasteiger partial charge on any atom is -0.307 e. The fourth-order valence-corrected chi connectivity index (χ4v) is 1.72. The summed E-state index contributed by atoms with van der Waals surface area (Å²) in [5.74, 6) is 0. The van der Waals surface area contributed by atoms with Crippen LogP contribution in [0.25, 0.3) is 0 Å². The zero-order chi connectivity index (χ0) is 12.3. The van der Waals surface area contributed by atoms with Crippen molar-refractivity contribution in [2.45, 2.75) is 13.5 Å². The summed E-state index contributed by atoms with van der Waals surface area (Å²) in [5, 5.41) is 8.84. The molecule has 3 nitrogen and oxygen atoms in total. The highest BCUT2D eigenvalue weighted by Gasteiger charge is 2.05. The standard InChI is InChI=1S/C14H12N2O/c1-11-7-8-13(9-15)14(17)16(11)10-12-5-3-2-4-6-12/h2-8H,10H2,1H3. The third kappa shape index (κ3) is 2.26. The first-order valence-corrected chi connectivity index (χ1v) is 5.37. The van der Waals surface area contributed by atoms with Crippen LogP contribution in [0.5, 0.6) is 0 Å². The average Bonchev–Trinajstić information content (AvgIpc) is 2.36. The van der Waals surface area contributed by atoms with Gasteiger partial charge in [0.15, 0.2) is 0 Å². The molecule has 2 aromatic rings. The van der Waals surface area contributed by atoms with Crippen molar-refractivity contribution in [3.05, 3.63) is 69.6 Å². The molecule has 0 aliphatic carbocycles. The topological polar surface area (TPSA) is 45.8 Å². The fraction of sp³-hybridized carbons (Fsp3) is 0.143. The molecule has 0 unspecified atom stereocenters. The molecule has 0 amide bonds. The lowest BCUT2D eigenvalue weighted by atomic mass is 10.2. The first-order chi connectivity index (χ1) is 8.22. The molecule has 3 heteroatoms. The van der Waals surface area contributed by atoms with Crippen molar-refractivity contribution >= 4 is 0 Å². The maximum absolute atomic E-state index is 12.0. The van der Waals surface area contributed by atoms with Crippen LogP contribution in [0, 0.1) is 18.3 Å². The number of hydrogen-bond donors (Lipinski definition) is 0. The number of benzene rings is 1. The predicted octanol–water partition coefficient (Wildman–Crippen LogP) is 2.08. The van der Waals surface area contributed by atoms with Gasteiger partial charge in [-0.3, -0.25) is 4.79 Å². The number of pyridine rings is 1. The molecule has 1 aromatic heterocycles. The third-order valence-corrected chi connectivity index (χ3v) is 2.70. The molecule has 1 aromatic carbocycles. The van der Waals surface area contributed by atoms with Gasteiger partial charge >= 0.3 is 0 Å². The summed E-state index contributed by atoms with van der Waals surface area (Å²) >= 11 is 0. The van der Waals surface area contributed by atoms with Gasteiger partial charge in [0.05, 0.1) is 6.54 Å². The smallest absolute Gasteiger partial charge is 0.268 e. The van der Waals surface area contributed by atoms with E-state index in [2.05, 4.69) is 0 Å². The molecule has 0 spiro atoms. The largest absolute Gasteiger partial charge is 0.307 e. The molecule has 0 aliphatic heterocycles. The van der Waals surface area contributed by atoms with E-state index < -0.39 is 0 Å². The van der Waals surface area contributed by atoms with E-state index in [4.69, 9.17) is 5.26 Å². The Morgan fingerprint density at radius 1 is 1.18 bits per heavy atom. The summed E-state index contributed by atoms with van der Waals surface area (Å²) in [7, 11) is 0. The molecule has 0 bridgehead atoms. The molecule has 0 N–H and O–H groups in total. The van der Waals surface area contributed by atoms with Crippen LogP contribution in [0.15, 0.2) is 47.3 Å². The minimum atomic E-state index is -0.226. The quantitative estimate of drug-likeness (QED) is 0.784. The molecule has 84 valence electrons. The minimum absolute atomic E-state index is 0.187. The van der Waals surface area contributed by atoms with Gasteiger partial charge in [0.2, 0.25) is 0 Å². The highest BCUT2D eigenvalue weighted by atomic mass is 16.1. The monoisotopic (exact) mass is 224 g/mol. The van der Waals surface area contributed by atoms with Crippen molar-refractivity contribution in [3.63, 3.8) is 0 Å². The Bertz CT molecular complexity index is 621. The number of nitrogens with zero attached hydrogens (tertiary/aromatic N) is 2. The van der Waals surface area contributed by atoms with Gasteiger partial charge in [-0.2, -0.15) is 5.26 Å². The summed E-state index contributed by atoms with van der Waals surface area (Å²) in [6, 6.07) is 15.0. The van der Waals surface area contributed by atoms with Gasteiger partial charge < -0.3 is 4.57 Å². The summed E-state index contributed by atoms with van der Waals surface area (Å²) in [5.41, 5.74) is 1.87. The van der Waals surface area contributed by atoms with Crippen LogP contribution in [0.2, 0.25) is 0 Å². The molecule has 0 radical (unpaired) electrons. The second-order valence-electron chi connectivity index (χ2n) is 3.88. The highest BCUT2D eigenvalue weighted by molar-refractivity contribution is 5.28. The maximum Gasteiger partial charge on any atom is 0.268 e. The second kappa shape index (κ2) is 4.67. The summed E-state index contributed by atoms with van der Waals surface area (Å²) < 4.78 is 1.62. The summed E-state index contributed by atoms with van der Waals surface area (Å²) in [6.45, 7) is 2.37.